The molecule has 150 valence electrons. The van der Waals surface area contributed by atoms with Crippen LogP contribution in [0.5, 0.6) is 5.75 Å². The van der Waals surface area contributed by atoms with Crippen LogP contribution in [-0.4, -0.2) is 23.5 Å². The standard InChI is InChI=1S/C25H26O4/c1-24(2)9-10-25(3,4)20-12-15(7-8-19(20)24)18-11-16-5-6-17(22(26)23(27)28)13-21(16)29-14-18/h5-8,11-13H,9-10,14H2,1-4H3,(H,27,28). The molecule has 0 saturated heterocycles. The fraction of sp³-hybridized carbons (Fsp3) is 0.360. The van der Waals surface area contributed by atoms with Crippen molar-refractivity contribution < 1.29 is 19.4 Å². The molecule has 4 heteroatoms. The Morgan fingerprint density at radius 1 is 0.931 bits per heavy atom. The monoisotopic (exact) mass is 390 g/mol. The van der Waals surface area contributed by atoms with Gasteiger partial charge in [0.1, 0.15) is 12.4 Å². The summed E-state index contributed by atoms with van der Waals surface area (Å²) in [7, 11) is 0. The number of hydrogen-bond acceptors (Lipinski definition) is 3. The smallest absolute Gasteiger partial charge is 0.377 e. The van der Waals surface area contributed by atoms with Gasteiger partial charge in [0.05, 0.1) is 0 Å². The van der Waals surface area contributed by atoms with Gasteiger partial charge < -0.3 is 9.84 Å². The molecule has 2 aromatic carbocycles. The molecule has 29 heavy (non-hydrogen) atoms. The highest BCUT2D eigenvalue weighted by molar-refractivity contribution is 6.39. The number of carboxylic acid groups (broad SMARTS) is 1. The van der Waals surface area contributed by atoms with Gasteiger partial charge in [0.25, 0.3) is 5.78 Å². The van der Waals surface area contributed by atoms with Crippen LogP contribution in [-0.2, 0) is 15.6 Å². The van der Waals surface area contributed by atoms with Crippen LogP contribution in [0.15, 0.2) is 36.4 Å². The van der Waals surface area contributed by atoms with E-state index in [0.29, 0.717) is 12.4 Å². The Morgan fingerprint density at radius 2 is 1.62 bits per heavy atom. The van der Waals surface area contributed by atoms with Crippen molar-refractivity contribution in [3.05, 3.63) is 64.2 Å². The molecule has 0 saturated carbocycles. The first-order valence-electron chi connectivity index (χ1n) is 9.99. The lowest BCUT2D eigenvalue weighted by Crippen LogP contribution is -2.33. The predicted molar refractivity (Wildman–Crippen MR) is 114 cm³/mol. The minimum atomic E-state index is -1.46. The molecule has 0 unspecified atom stereocenters. The molecule has 4 rings (SSSR count). The van der Waals surface area contributed by atoms with E-state index in [1.807, 2.05) is 0 Å². The summed E-state index contributed by atoms with van der Waals surface area (Å²) in [6, 6.07) is 11.5. The number of benzene rings is 2. The number of carbonyl (C=O) groups excluding carboxylic acids is 1. The predicted octanol–water partition coefficient (Wildman–Crippen LogP) is 5.24. The summed E-state index contributed by atoms with van der Waals surface area (Å²) in [6.07, 6.45) is 4.41. The number of fused-ring (bicyclic) bond motifs is 2. The van der Waals surface area contributed by atoms with Crippen LogP contribution in [0.25, 0.3) is 11.6 Å². The second-order valence-electron chi connectivity index (χ2n) is 9.37. The second-order valence-corrected chi connectivity index (χ2v) is 9.37. The van der Waals surface area contributed by atoms with Crippen LogP contribution in [0.4, 0.5) is 0 Å². The van der Waals surface area contributed by atoms with Gasteiger partial charge >= 0.3 is 5.97 Å². The average molecular weight is 390 g/mol. The van der Waals surface area contributed by atoms with Gasteiger partial charge in [-0.1, -0.05) is 52.0 Å². The fourth-order valence-electron chi connectivity index (χ4n) is 4.38. The number of rotatable bonds is 3. The highest BCUT2D eigenvalue weighted by Gasteiger charge is 2.37. The molecule has 2 aromatic rings. The number of aliphatic carboxylic acids is 1. The van der Waals surface area contributed by atoms with Crippen molar-refractivity contribution >= 4 is 23.4 Å². The Morgan fingerprint density at radius 3 is 2.31 bits per heavy atom. The van der Waals surface area contributed by atoms with E-state index in [-0.39, 0.29) is 16.4 Å². The fourth-order valence-corrected chi connectivity index (χ4v) is 4.38. The average Bonchev–Trinajstić information content (AvgIpc) is 2.70. The van der Waals surface area contributed by atoms with E-state index in [1.54, 1.807) is 6.07 Å². The zero-order valence-electron chi connectivity index (χ0n) is 17.3. The van der Waals surface area contributed by atoms with Crippen molar-refractivity contribution in [2.45, 2.75) is 51.4 Å². The third-order valence-electron chi connectivity index (χ3n) is 6.41. The SMILES string of the molecule is CC1(C)CCC(C)(C)c2cc(C3=Cc4ccc(C(=O)C(=O)O)cc4OC3)ccc21. The van der Waals surface area contributed by atoms with Crippen LogP contribution in [0.1, 0.15) is 73.1 Å². The van der Waals surface area contributed by atoms with Gasteiger partial charge in [-0.15, -0.1) is 0 Å². The van der Waals surface area contributed by atoms with Crippen molar-refractivity contribution in [2.75, 3.05) is 6.61 Å². The molecular formula is C25H26O4. The van der Waals surface area contributed by atoms with Crippen molar-refractivity contribution in [2.24, 2.45) is 0 Å². The topological polar surface area (TPSA) is 63.6 Å². The van der Waals surface area contributed by atoms with Gasteiger partial charge in [0.15, 0.2) is 0 Å². The van der Waals surface area contributed by atoms with Crippen molar-refractivity contribution in [1.82, 2.24) is 0 Å². The third-order valence-corrected chi connectivity index (χ3v) is 6.41. The quantitative estimate of drug-likeness (QED) is 0.575. The van der Waals surface area contributed by atoms with Crippen LogP contribution in [0.3, 0.4) is 0 Å². The molecule has 1 aliphatic heterocycles. The summed E-state index contributed by atoms with van der Waals surface area (Å²) >= 11 is 0. The summed E-state index contributed by atoms with van der Waals surface area (Å²) in [6.45, 7) is 9.64. The molecule has 1 aliphatic carbocycles. The van der Waals surface area contributed by atoms with Crippen molar-refractivity contribution in [1.29, 1.82) is 0 Å². The van der Waals surface area contributed by atoms with E-state index in [2.05, 4.69) is 52.0 Å². The van der Waals surface area contributed by atoms with E-state index < -0.39 is 11.8 Å². The zero-order valence-corrected chi connectivity index (χ0v) is 17.3. The van der Waals surface area contributed by atoms with E-state index >= 15 is 0 Å². The molecule has 0 fully saturated rings. The van der Waals surface area contributed by atoms with Gasteiger partial charge in [0, 0.05) is 11.1 Å². The van der Waals surface area contributed by atoms with Crippen LogP contribution in [0, 0.1) is 0 Å². The molecule has 0 radical (unpaired) electrons. The number of Topliss-reactive ketones (excluding diaryl/α,β-unsaturated/α-hetero) is 1. The minimum absolute atomic E-state index is 0.130. The maximum absolute atomic E-state index is 11.7. The summed E-state index contributed by atoms with van der Waals surface area (Å²) in [5.74, 6) is -1.84. The number of ether oxygens (including phenoxy) is 1. The Kier molecular flexibility index (Phi) is 4.41. The first-order chi connectivity index (χ1) is 13.6. The first kappa shape index (κ1) is 19.4. The highest BCUT2D eigenvalue weighted by atomic mass is 16.5. The number of carboxylic acids is 1. The summed E-state index contributed by atoms with van der Waals surface area (Å²) in [5.41, 5.74) is 6.35. The zero-order chi connectivity index (χ0) is 21.0. The van der Waals surface area contributed by atoms with Gasteiger partial charge in [-0.3, -0.25) is 4.79 Å². The molecule has 2 aliphatic rings. The molecule has 0 aromatic heterocycles. The summed E-state index contributed by atoms with van der Waals surface area (Å²) in [4.78, 5) is 22.6. The third kappa shape index (κ3) is 3.37. The number of ketones is 1. The Hall–Kier alpha value is -2.88. The van der Waals surface area contributed by atoms with E-state index in [0.717, 1.165) is 23.1 Å². The Labute approximate surface area is 171 Å². The number of carbonyl (C=O) groups is 2. The summed E-state index contributed by atoms with van der Waals surface area (Å²) in [5, 5.41) is 8.90. The Bertz CT molecular complexity index is 1060. The van der Waals surface area contributed by atoms with Gasteiger partial charge in [-0.25, -0.2) is 4.79 Å². The second kappa shape index (κ2) is 6.58. The minimum Gasteiger partial charge on any atom is -0.488 e. The molecule has 1 N–H and O–H groups in total. The molecular weight excluding hydrogens is 364 g/mol. The normalized spacial score (nSPS) is 18.7. The van der Waals surface area contributed by atoms with Crippen molar-refractivity contribution in [3.63, 3.8) is 0 Å². The molecule has 4 nitrogen and oxygen atoms in total. The maximum Gasteiger partial charge on any atom is 0.377 e. The number of hydrogen-bond donors (Lipinski definition) is 1. The lowest BCUT2D eigenvalue weighted by Gasteiger charge is -2.42. The summed E-state index contributed by atoms with van der Waals surface area (Å²) < 4.78 is 5.88. The molecule has 0 amide bonds. The van der Waals surface area contributed by atoms with Crippen molar-refractivity contribution in [3.8, 4) is 5.75 Å². The lowest BCUT2D eigenvalue weighted by atomic mass is 9.63. The Balaban J connectivity index is 1.72. The molecule has 0 atom stereocenters. The van der Waals surface area contributed by atoms with Gasteiger partial charge in [-0.05, 0) is 64.1 Å². The van der Waals surface area contributed by atoms with E-state index in [9.17, 15) is 9.59 Å². The largest absolute Gasteiger partial charge is 0.488 e. The lowest BCUT2D eigenvalue weighted by molar-refractivity contribution is -0.131. The molecule has 1 heterocycles. The molecule has 0 bridgehead atoms. The molecule has 0 spiro atoms. The van der Waals surface area contributed by atoms with Crippen LogP contribution >= 0.6 is 0 Å². The van der Waals surface area contributed by atoms with E-state index in [1.165, 1.54) is 29.7 Å². The van der Waals surface area contributed by atoms with Gasteiger partial charge in [-0.2, -0.15) is 0 Å². The van der Waals surface area contributed by atoms with Gasteiger partial charge in [0.2, 0.25) is 0 Å². The highest BCUT2D eigenvalue weighted by Crippen LogP contribution is 2.46. The first-order valence-corrected chi connectivity index (χ1v) is 9.99. The van der Waals surface area contributed by atoms with E-state index in [4.69, 9.17) is 9.84 Å². The maximum atomic E-state index is 11.7. The van der Waals surface area contributed by atoms with Crippen LogP contribution in [0.2, 0.25) is 0 Å². The van der Waals surface area contributed by atoms with Crippen LogP contribution < -0.4 is 4.74 Å².